The number of imide groups is 1. The van der Waals surface area contributed by atoms with Crippen molar-refractivity contribution in [2.75, 3.05) is 13.7 Å². The van der Waals surface area contributed by atoms with E-state index in [0.29, 0.717) is 31.8 Å². The molecule has 2 aromatic rings. The lowest BCUT2D eigenvalue weighted by atomic mass is 10.1. The molecule has 1 aliphatic rings. The molecule has 0 unspecified atom stereocenters. The van der Waals surface area contributed by atoms with Gasteiger partial charge in [0.1, 0.15) is 0 Å². The van der Waals surface area contributed by atoms with E-state index >= 15 is 0 Å². The van der Waals surface area contributed by atoms with Crippen molar-refractivity contribution in [3.05, 3.63) is 56.7 Å². The number of carboxylic acids is 1. The van der Waals surface area contributed by atoms with Crippen molar-refractivity contribution in [3.8, 4) is 11.5 Å². The highest BCUT2D eigenvalue weighted by Crippen LogP contribution is 2.33. The van der Waals surface area contributed by atoms with Crippen LogP contribution >= 0.6 is 22.6 Å². The number of halogens is 1. The fourth-order valence-corrected chi connectivity index (χ4v) is 3.28. The fourth-order valence-electron chi connectivity index (χ4n) is 2.49. The first-order valence-electron chi connectivity index (χ1n) is 7.66. The number of ether oxygens (including phenoxy) is 2. The van der Waals surface area contributed by atoms with Crippen LogP contribution in [0.15, 0.2) is 41.5 Å². The van der Waals surface area contributed by atoms with Gasteiger partial charge in [-0.1, -0.05) is 12.1 Å². The average molecular weight is 480 g/mol. The van der Waals surface area contributed by atoms with Crippen LogP contribution in [-0.2, 0) is 4.79 Å². The highest BCUT2D eigenvalue weighted by atomic mass is 127. The van der Waals surface area contributed by atoms with Gasteiger partial charge < -0.3 is 14.6 Å². The maximum Gasteiger partial charge on any atom is 0.341 e. The van der Waals surface area contributed by atoms with Gasteiger partial charge in [0.2, 0.25) is 0 Å². The molecule has 3 rings (SSSR count). The van der Waals surface area contributed by atoms with Crippen LogP contribution in [0.3, 0.4) is 0 Å². The molecule has 2 aromatic carbocycles. The molecule has 27 heavy (non-hydrogen) atoms. The van der Waals surface area contributed by atoms with Gasteiger partial charge in [0.15, 0.2) is 18.1 Å². The van der Waals surface area contributed by atoms with Gasteiger partial charge in [-0.2, -0.15) is 10.1 Å². The van der Waals surface area contributed by atoms with Crippen LogP contribution in [0, 0.1) is 3.57 Å². The van der Waals surface area contributed by atoms with Crippen LogP contribution in [0.2, 0.25) is 0 Å². The van der Waals surface area contributed by atoms with Gasteiger partial charge in [0.05, 0.1) is 28.0 Å². The van der Waals surface area contributed by atoms with E-state index in [1.54, 1.807) is 36.4 Å². The number of rotatable bonds is 6. The minimum absolute atomic E-state index is 0.290. The van der Waals surface area contributed by atoms with Crippen LogP contribution < -0.4 is 9.47 Å². The molecule has 1 aliphatic heterocycles. The van der Waals surface area contributed by atoms with Crippen LogP contribution in [0.25, 0.3) is 0 Å². The predicted molar refractivity (Wildman–Crippen MR) is 103 cm³/mol. The van der Waals surface area contributed by atoms with E-state index in [0.717, 1.165) is 5.01 Å². The highest BCUT2D eigenvalue weighted by molar-refractivity contribution is 14.1. The lowest BCUT2D eigenvalue weighted by Crippen LogP contribution is -2.24. The molecule has 1 N–H and O–H groups in total. The van der Waals surface area contributed by atoms with Crippen LogP contribution in [0.1, 0.15) is 26.3 Å². The van der Waals surface area contributed by atoms with E-state index in [-0.39, 0.29) is 0 Å². The Kier molecular flexibility index (Phi) is 5.40. The Morgan fingerprint density at radius 3 is 2.41 bits per heavy atom. The number of hydrogen-bond donors (Lipinski definition) is 1. The zero-order chi connectivity index (χ0) is 19.6. The molecule has 0 aromatic heterocycles. The second-order valence-electron chi connectivity index (χ2n) is 5.43. The molecule has 0 spiro atoms. The molecule has 0 radical (unpaired) electrons. The van der Waals surface area contributed by atoms with Crippen molar-refractivity contribution in [2.24, 2.45) is 5.10 Å². The lowest BCUT2D eigenvalue weighted by Gasteiger charge is -2.12. The van der Waals surface area contributed by atoms with Crippen LogP contribution in [0.4, 0.5) is 0 Å². The van der Waals surface area contributed by atoms with Gasteiger partial charge >= 0.3 is 5.97 Å². The predicted octanol–water partition coefficient (Wildman–Crippen LogP) is 2.39. The number of carboxylic acid groups (broad SMARTS) is 1. The van der Waals surface area contributed by atoms with Gasteiger partial charge in [-0.3, -0.25) is 9.59 Å². The van der Waals surface area contributed by atoms with E-state index in [4.69, 9.17) is 14.6 Å². The van der Waals surface area contributed by atoms with E-state index in [2.05, 4.69) is 5.10 Å². The smallest absolute Gasteiger partial charge is 0.341 e. The highest BCUT2D eigenvalue weighted by Gasteiger charge is 2.35. The third kappa shape index (κ3) is 3.77. The number of benzene rings is 2. The Bertz CT molecular complexity index is 937. The maximum absolute atomic E-state index is 12.3. The van der Waals surface area contributed by atoms with Gasteiger partial charge in [-0.25, -0.2) is 4.79 Å². The Balaban J connectivity index is 1.86. The molecule has 9 heteroatoms. The van der Waals surface area contributed by atoms with E-state index in [1.165, 1.54) is 13.3 Å². The Morgan fingerprint density at radius 1 is 1.22 bits per heavy atom. The molecule has 0 fully saturated rings. The first-order chi connectivity index (χ1) is 12.9. The molecule has 0 saturated heterocycles. The van der Waals surface area contributed by atoms with E-state index in [1.807, 2.05) is 22.6 Å². The molecule has 138 valence electrons. The first-order valence-corrected chi connectivity index (χ1v) is 8.74. The Morgan fingerprint density at radius 2 is 1.85 bits per heavy atom. The average Bonchev–Trinajstić information content (AvgIpc) is 2.89. The summed E-state index contributed by atoms with van der Waals surface area (Å²) < 4.78 is 11.1. The largest absolute Gasteiger partial charge is 0.493 e. The maximum atomic E-state index is 12.3. The zero-order valence-electron chi connectivity index (χ0n) is 14.0. The summed E-state index contributed by atoms with van der Waals surface area (Å²) in [7, 11) is 1.42. The molecular formula is C18H13IN2O6. The van der Waals surface area contributed by atoms with E-state index < -0.39 is 24.4 Å². The summed E-state index contributed by atoms with van der Waals surface area (Å²) in [4.78, 5) is 35.3. The molecular weight excluding hydrogens is 467 g/mol. The molecule has 8 nitrogen and oxygen atoms in total. The minimum Gasteiger partial charge on any atom is -0.493 e. The summed E-state index contributed by atoms with van der Waals surface area (Å²) in [6.45, 7) is -0.505. The van der Waals surface area contributed by atoms with E-state index in [9.17, 15) is 14.4 Å². The second-order valence-corrected chi connectivity index (χ2v) is 6.59. The topological polar surface area (TPSA) is 106 Å². The fraction of sp³-hybridized carbons (Fsp3) is 0.111. The second kappa shape index (κ2) is 7.74. The van der Waals surface area contributed by atoms with Crippen molar-refractivity contribution < 1.29 is 29.0 Å². The number of amides is 2. The number of carbonyl (C=O) groups excluding carboxylic acids is 2. The third-order valence-electron chi connectivity index (χ3n) is 3.69. The first kappa shape index (κ1) is 18.8. The Labute approximate surface area is 167 Å². The van der Waals surface area contributed by atoms with Crippen LogP contribution in [0.5, 0.6) is 11.5 Å². The number of aliphatic carboxylic acids is 1. The summed E-state index contributed by atoms with van der Waals surface area (Å²) in [5.74, 6) is -1.49. The summed E-state index contributed by atoms with van der Waals surface area (Å²) in [5, 5.41) is 13.6. The summed E-state index contributed by atoms with van der Waals surface area (Å²) in [6, 6.07) is 9.75. The standard InChI is InChI=1S/C18H13IN2O6/c1-26-14-7-10(6-13(19)16(14)27-9-15(22)23)8-20-21-17(24)11-4-2-3-5-12(11)18(21)25/h2-8H,9H2,1H3,(H,22,23)/b20-8-. The third-order valence-corrected chi connectivity index (χ3v) is 4.49. The van der Waals surface area contributed by atoms with Crippen molar-refractivity contribution in [1.29, 1.82) is 0 Å². The summed E-state index contributed by atoms with van der Waals surface area (Å²) in [5.41, 5.74) is 1.17. The zero-order valence-corrected chi connectivity index (χ0v) is 16.2. The lowest BCUT2D eigenvalue weighted by molar-refractivity contribution is -0.139. The number of fused-ring (bicyclic) bond motifs is 1. The molecule has 0 saturated carbocycles. The molecule has 0 atom stereocenters. The Hall–Kier alpha value is -2.95. The van der Waals surface area contributed by atoms with Crippen molar-refractivity contribution in [3.63, 3.8) is 0 Å². The molecule has 1 heterocycles. The number of hydrogen-bond acceptors (Lipinski definition) is 6. The van der Waals surface area contributed by atoms with Crippen molar-refractivity contribution in [2.45, 2.75) is 0 Å². The van der Waals surface area contributed by atoms with Gasteiger partial charge in [0.25, 0.3) is 11.8 Å². The molecule has 2 amide bonds. The van der Waals surface area contributed by atoms with Gasteiger partial charge in [-0.05, 0) is 52.4 Å². The SMILES string of the molecule is COc1cc(/C=N\N2C(=O)c3ccccc3C2=O)cc(I)c1OCC(=O)O. The summed E-state index contributed by atoms with van der Waals surface area (Å²) >= 11 is 1.97. The molecule has 0 bridgehead atoms. The normalized spacial score (nSPS) is 13.2. The minimum atomic E-state index is -1.11. The van der Waals surface area contributed by atoms with Gasteiger partial charge in [-0.15, -0.1) is 0 Å². The summed E-state index contributed by atoms with van der Waals surface area (Å²) in [6.07, 6.45) is 1.35. The number of carbonyl (C=O) groups is 3. The quantitative estimate of drug-likeness (QED) is 0.387. The number of nitrogens with zero attached hydrogens (tertiary/aromatic N) is 2. The van der Waals surface area contributed by atoms with Crippen molar-refractivity contribution in [1.82, 2.24) is 5.01 Å². The van der Waals surface area contributed by atoms with Crippen LogP contribution in [-0.4, -0.2) is 47.8 Å². The number of methoxy groups -OCH3 is 1. The monoisotopic (exact) mass is 480 g/mol. The van der Waals surface area contributed by atoms with Gasteiger partial charge in [0, 0.05) is 0 Å². The number of hydrazone groups is 1. The van der Waals surface area contributed by atoms with Crippen molar-refractivity contribution >= 4 is 46.6 Å². The molecule has 0 aliphatic carbocycles.